The Balaban J connectivity index is 0.00000364. The number of sulfonamides is 1. The molecule has 154 valence electrons. The third-order valence-corrected chi connectivity index (χ3v) is 5.79. The zero-order valence-corrected chi connectivity index (χ0v) is 19.2. The van der Waals surface area contributed by atoms with E-state index >= 15 is 0 Å². The molecule has 0 unspecified atom stereocenters. The average Bonchev–Trinajstić information content (AvgIpc) is 2.66. The summed E-state index contributed by atoms with van der Waals surface area (Å²) in [5, 5.41) is 6.58. The summed E-state index contributed by atoms with van der Waals surface area (Å²) in [6, 6.07) is 3.53. The predicted octanol–water partition coefficient (Wildman–Crippen LogP) is 1.02. The summed E-state index contributed by atoms with van der Waals surface area (Å²) >= 11 is 0. The van der Waals surface area contributed by atoms with E-state index in [2.05, 4.69) is 37.2 Å². The Morgan fingerprint density at radius 1 is 1.33 bits per heavy atom. The highest BCUT2D eigenvalue weighted by Gasteiger charge is 2.19. The lowest BCUT2D eigenvalue weighted by atomic mass is 10.1. The van der Waals surface area contributed by atoms with Crippen LogP contribution in [-0.4, -0.2) is 70.1 Å². The minimum absolute atomic E-state index is 0. The van der Waals surface area contributed by atoms with Crippen LogP contribution in [0.25, 0.3) is 0 Å². The molecule has 0 amide bonds. The molecule has 1 aromatic heterocycles. The Morgan fingerprint density at radius 3 is 2.67 bits per heavy atom. The van der Waals surface area contributed by atoms with Gasteiger partial charge in [-0.05, 0) is 37.9 Å². The van der Waals surface area contributed by atoms with Gasteiger partial charge < -0.3 is 15.5 Å². The average molecular weight is 510 g/mol. The van der Waals surface area contributed by atoms with E-state index in [9.17, 15) is 8.42 Å². The third-order valence-electron chi connectivity index (χ3n) is 4.35. The van der Waals surface area contributed by atoms with Gasteiger partial charge in [0.25, 0.3) is 0 Å². The summed E-state index contributed by atoms with van der Waals surface area (Å²) in [6.45, 7) is 6.30. The van der Waals surface area contributed by atoms with Gasteiger partial charge in [0, 0.05) is 51.7 Å². The molecule has 1 aliphatic heterocycles. The first-order valence-corrected chi connectivity index (χ1v) is 10.6. The fraction of sp³-hybridized carbons (Fsp3) is 0.647. The van der Waals surface area contributed by atoms with Crippen molar-refractivity contribution in [3.63, 3.8) is 0 Å². The Labute approximate surface area is 179 Å². The number of aliphatic imine (C=N–C) groups is 1. The van der Waals surface area contributed by atoms with E-state index in [0.717, 1.165) is 32.5 Å². The number of guanidine groups is 1. The van der Waals surface area contributed by atoms with Crippen LogP contribution in [0.2, 0.25) is 0 Å². The zero-order valence-electron chi connectivity index (χ0n) is 16.0. The van der Waals surface area contributed by atoms with Gasteiger partial charge in [-0.3, -0.25) is 9.98 Å². The predicted molar refractivity (Wildman–Crippen MR) is 119 cm³/mol. The molecule has 0 spiro atoms. The monoisotopic (exact) mass is 510 g/mol. The van der Waals surface area contributed by atoms with Gasteiger partial charge >= 0.3 is 0 Å². The van der Waals surface area contributed by atoms with Gasteiger partial charge in [0.15, 0.2) is 5.96 Å². The maximum Gasteiger partial charge on any atom is 0.242 e. The van der Waals surface area contributed by atoms with Gasteiger partial charge in [-0.15, -0.1) is 24.0 Å². The van der Waals surface area contributed by atoms with Gasteiger partial charge in [0.05, 0.1) is 0 Å². The number of likely N-dealkylation sites (tertiary alicyclic amines) is 1. The van der Waals surface area contributed by atoms with E-state index in [0.29, 0.717) is 18.5 Å². The molecular weight excluding hydrogens is 479 g/mol. The van der Waals surface area contributed by atoms with E-state index in [1.54, 1.807) is 19.3 Å². The van der Waals surface area contributed by atoms with Crippen molar-refractivity contribution in [2.24, 2.45) is 4.99 Å². The minimum Gasteiger partial charge on any atom is -0.355 e. The Bertz CT molecular complexity index is 663. The van der Waals surface area contributed by atoms with Crippen molar-refractivity contribution >= 4 is 40.0 Å². The SMILES string of the molecule is CCCN1CCC(NC(=NC)NCCNS(=O)(=O)c2cccnc2)CC1.I. The maximum atomic E-state index is 12.1. The second kappa shape index (κ2) is 12.5. The van der Waals surface area contributed by atoms with Gasteiger partial charge in [-0.25, -0.2) is 13.1 Å². The Hall–Kier alpha value is -0.980. The molecule has 10 heteroatoms. The number of rotatable bonds is 8. The first-order chi connectivity index (χ1) is 12.5. The first kappa shape index (κ1) is 24.1. The number of aromatic nitrogens is 1. The fourth-order valence-corrected chi connectivity index (χ4v) is 3.96. The largest absolute Gasteiger partial charge is 0.355 e. The quantitative estimate of drug-likeness (QED) is 0.209. The molecular formula is C17H31IN6O2S. The van der Waals surface area contributed by atoms with Crippen LogP contribution in [0.1, 0.15) is 26.2 Å². The van der Waals surface area contributed by atoms with Crippen LogP contribution in [0.4, 0.5) is 0 Å². The van der Waals surface area contributed by atoms with E-state index in [1.807, 2.05) is 0 Å². The van der Waals surface area contributed by atoms with Crippen LogP contribution in [0.15, 0.2) is 34.4 Å². The number of hydrogen-bond donors (Lipinski definition) is 3. The molecule has 2 rings (SSSR count). The number of piperidine rings is 1. The standard InChI is InChI=1S/C17H30N6O2S.HI/c1-3-11-23-12-6-15(7-13-23)22-17(18-2)20-9-10-21-26(24,25)16-5-4-8-19-14-16;/h4-5,8,14-15,21H,3,6-7,9-13H2,1-2H3,(H2,18,20,22);1H. The second-order valence-corrected chi connectivity index (χ2v) is 8.11. The van der Waals surface area contributed by atoms with Crippen LogP contribution < -0.4 is 15.4 Å². The van der Waals surface area contributed by atoms with Crippen molar-refractivity contribution in [3.8, 4) is 0 Å². The molecule has 1 saturated heterocycles. The molecule has 0 aliphatic carbocycles. The highest BCUT2D eigenvalue weighted by atomic mass is 127. The van der Waals surface area contributed by atoms with E-state index < -0.39 is 10.0 Å². The molecule has 0 saturated carbocycles. The zero-order chi connectivity index (χ0) is 18.8. The molecule has 3 N–H and O–H groups in total. The molecule has 0 bridgehead atoms. The van der Waals surface area contributed by atoms with Crippen LogP contribution in [0.3, 0.4) is 0 Å². The third kappa shape index (κ3) is 8.28. The van der Waals surface area contributed by atoms with Gasteiger partial charge in [0.1, 0.15) is 4.90 Å². The summed E-state index contributed by atoms with van der Waals surface area (Å²) in [7, 11) is -1.80. The molecule has 1 aromatic rings. The number of hydrogen-bond acceptors (Lipinski definition) is 5. The summed E-state index contributed by atoms with van der Waals surface area (Å²) in [6.07, 6.45) is 6.25. The molecule has 0 aromatic carbocycles. The van der Waals surface area contributed by atoms with Gasteiger partial charge in [-0.1, -0.05) is 6.92 Å². The second-order valence-electron chi connectivity index (χ2n) is 6.35. The molecule has 1 fully saturated rings. The number of halogens is 1. The van der Waals surface area contributed by atoms with E-state index in [4.69, 9.17) is 0 Å². The first-order valence-electron chi connectivity index (χ1n) is 9.14. The van der Waals surface area contributed by atoms with Crippen molar-refractivity contribution in [2.75, 3.05) is 39.8 Å². The number of nitrogens with zero attached hydrogens (tertiary/aromatic N) is 3. The minimum atomic E-state index is -3.52. The molecule has 8 nitrogen and oxygen atoms in total. The number of nitrogens with one attached hydrogen (secondary N) is 3. The van der Waals surface area contributed by atoms with Crippen LogP contribution in [-0.2, 0) is 10.0 Å². The highest BCUT2D eigenvalue weighted by molar-refractivity contribution is 14.0. The summed E-state index contributed by atoms with van der Waals surface area (Å²) in [5.74, 6) is 0.708. The molecule has 0 radical (unpaired) electrons. The van der Waals surface area contributed by atoms with Crippen molar-refractivity contribution in [1.29, 1.82) is 0 Å². The molecule has 27 heavy (non-hydrogen) atoms. The topological polar surface area (TPSA) is 98.7 Å². The van der Waals surface area contributed by atoms with Crippen molar-refractivity contribution in [3.05, 3.63) is 24.5 Å². The molecule has 0 atom stereocenters. The van der Waals surface area contributed by atoms with E-state index in [-0.39, 0.29) is 35.4 Å². The van der Waals surface area contributed by atoms with E-state index in [1.165, 1.54) is 18.7 Å². The number of pyridine rings is 1. The molecule has 1 aliphatic rings. The molecule has 2 heterocycles. The Kier molecular flexibility index (Phi) is 11.1. The van der Waals surface area contributed by atoms with Crippen LogP contribution in [0.5, 0.6) is 0 Å². The summed E-state index contributed by atoms with van der Waals surface area (Å²) in [5.41, 5.74) is 0. The normalized spacial score (nSPS) is 16.6. The smallest absolute Gasteiger partial charge is 0.242 e. The van der Waals surface area contributed by atoms with Crippen LogP contribution in [0, 0.1) is 0 Å². The van der Waals surface area contributed by atoms with Crippen molar-refractivity contribution < 1.29 is 8.42 Å². The van der Waals surface area contributed by atoms with Crippen molar-refractivity contribution in [1.82, 2.24) is 25.2 Å². The highest BCUT2D eigenvalue weighted by Crippen LogP contribution is 2.10. The van der Waals surface area contributed by atoms with Crippen LogP contribution >= 0.6 is 24.0 Å². The van der Waals surface area contributed by atoms with Gasteiger partial charge in [-0.2, -0.15) is 0 Å². The summed E-state index contributed by atoms with van der Waals surface area (Å²) in [4.78, 5) is 10.7. The fourth-order valence-electron chi connectivity index (χ4n) is 2.96. The lowest BCUT2D eigenvalue weighted by Gasteiger charge is -2.32. The Morgan fingerprint density at radius 2 is 2.07 bits per heavy atom. The van der Waals surface area contributed by atoms with Gasteiger partial charge in [0.2, 0.25) is 10.0 Å². The summed E-state index contributed by atoms with van der Waals surface area (Å²) < 4.78 is 26.8. The lowest BCUT2D eigenvalue weighted by Crippen LogP contribution is -2.49. The van der Waals surface area contributed by atoms with Crippen molar-refractivity contribution in [2.45, 2.75) is 37.1 Å². The maximum absolute atomic E-state index is 12.1. The lowest BCUT2D eigenvalue weighted by molar-refractivity contribution is 0.206.